The number of carboxylic acids is 1. The second-order valence-corrected chi connectivity index (χ2v) is 7.42. The van der Waals surface area contributed by atoms with Gasteiger partial charge in [-0.3, -0.25) is 9.69 Å². The zero-order valence-electron chi connectivity index (χ0n) is 15.9. The van der Waals surface area contributed by atoms with E-state index in [-0.39, 0.29) is 25.4 Å². The van der Waals surface area contributed by atoms with Gasteiger partial charge in [0.1, 0.15) is 0 Å². The van der Waals surface area contributed by atoms with E-state index in [1.165, 1.54) is 0 Å². The predicted octanol–water partition coefficient (Wildman–Crippen LogP) is 4.00. The third-order valence-electron chi connectivity index (χ3n) is 4.75. The number of benzene rings is 1. The molecular weight excluding hydrogens is 434 g/mol. The average Bonchev–Trinajstić information content (AvgIpc) is 2.64. The monoisotopic (exact) mass is 451 g/mol. The van der Waals surface area contributed by atoms with Crippen molar-refractivity contribution in [2.24, 2.45) is 5.92 Å². The molecule has 1 aromatic carbocycles. The lowest BCUT2D eigenvalue weighted by atomic mass is 9.81. The van der Waals surface area contributed by atoms with Gasteiger partial charge in [0.25, 0.3) is 0 Å². The molecule has 0 saturated carbocycles. The van der Waals surface area contributed by atoms with E-state index >= 15 is 0 Å². The first-order chi connectivity index (χ1) is 13.8. The average molecular weight is 452 g/mol. The van der Waals surface area contributed by atoms with Crippen molar-refractivity contribution in [3.8, 4) is 18.1 Å². The second kappa shape index (κ2) is 8.70. The standard InChI is InChI=1S/C19H18ClF4NO5/c1-4-16(26)25(18(17(27)28)5-6-29-15(9-18)10(2)3)13-7-11(20)14(8-12(13)21)30-19(22,23)24/h1,7-8,10,15H,5-6,9H2,2-3H3,(H,27,28). The van der Waals surface area contributed by atoms with Gasteiger partial charge in [0.15, 0.2) is 17.1 Å². The van der Waals surface area contributed by atoms with Crippen LogP contribution in [-0.2, 0) is 14.3 Å². The Kier molecular flexibility index (Phi) is 6.89. The molecule has 0 bridgehead atoms. The molecule has 1 heterocycles. The highest BCUT2D eigenvalue weighted by Crippen LogP contribution is 2.41. The summed E-state index contributed by atoms with van der Waals surface area (Å²) in [5.74, 6) is -3.46. The number of carboxylic acid groups (broad SMARTS) is 1. The van der Waals surface area contributed by atoms with Crippen LogP contribution in [0.1, 0.15) is 26.7 Å². The third kappa shape index (κ3) is 4.79. The van der Waals surface area contributed by atoms with Crippen molar-refractivity contribution in [3.63, 3.8) is 0 Å². The van der Waals surface area contributed by atoms with Crippen molar-refractivity contribution in [1.82, 2.24) is 0 Å². The van der Waals surface area contributed by atoms with Crippen LogP contribution in [0.25, 0.3) is 0 Å². The lowest BCUT2D eigenvalue weighted by molar-refractivity contribution is -0.274. The predicted molar refractivity (Wildman–Crippen MR) is 98.6 cm³/mol. The molecule has 1 aliphatic heterocycles. The Labute approximate surface area is 174 Å². The van der Waals surface area contributed by atoms with Gasteiger partial charge in [-0.05, 0) is 17.9 Å². The van der Waals surface area contributed by atoms with Crippen molar-refractivity contribution in [1.29, 1.82) is 0 Å². The zero-order chi connectivity index (χ0) is 22.9. The molecule has 1 amide bonds. The molecule has 30 heavy (non-hydrogen) atoms. The number of carbonyl (C=O) groups is 2. The van der Waals surface area contributed by atoms with Gasteiger partial charge < -0.3 is 14.6 Å². The molecule has 2 rings (SSSR count). The maximum atomic E-state index is 14.8. The van der Waals surface area contributed by atoms with Crippen molar-refractivity contribution in [2.45, 2.75) is 44.7 Å². The normalized spacial score (nSPS) is 21.8. The first-order valence-electron chi connectivity index (χ1n) is 8.73. The van der Waals surface area contributed by atoms with Crippen LogP contribution in [0.2, 0.25) is 5.02 Å². The summed E-state index contributed by atoms with van der Waals surface area (Å²) < 4.78 is 61.5. The summed E-state index contributed by atoms with van der Waals surface area (Å²) in [5.41, 5.74) is -2.67. The maximum absolute atomic E-state index is 14.8. The van der Waals surface area contributed by atoms with E-state index < -0.39 is 52.2 Å². The van der Waals surface area contributed by atoms with E-state index in [4.69, 9.17) is 22.8 Å². The van der Waals surface area contributed by atoms with Gasteiger partial charge in [-0.2, -0.15) is 0 Å². The molecule has 1 aliphatic rings. The Hall–Kier alpha value is -2.51. The number of anilines is 1. The molecule has 164 valence electrons. The van der Waals surface area contributed by atoms with E-state index in [0.29, 0.717) is 17.0 Å². The van der Waals surface area contributed by atoms with Crippen LogP contribution in [0.5, 0.6) is 5.75 Å². The molecule has 11 heteroatoms. The summed E-state index contributed by atoms with van der Waals surface area (Å²) in [7, 11) is 0. The Morgan fingerprint density at radius 1 is 1.43 bits per heavy atom. The number of ether oxygens (including phenoxy) is 2. The minimum atomic E-state index is -5.14. The molecule has 1 fully saturated rings. The number of hydrogen-bond donors (Lipinski definition) is 1. The fourth-order valence-corrected chi connectivity index (χ4v) is 3.48. The molecule has 0 aromatic heterocycles. The van der Waals surface area contributed by atoms with Crippen molar-refractivity contribution < 1.29 is 41.7 Å². The van der Waals surface area contributed by atoms with Gasteiger partial charge in [-0.25, -0.2) is 9.18 Å². The Bertz CT molecular complexity index is 883. The Balaban J connectivity index is 2.65. The maximum Gasteiger partial charge on any atom is 0.573 e. The van der Waals surface area contributed by atoms with Gasteiger partial charge in [0.05, 0.1) is 16.8 Å². The van der Waals surface area contributed by atoms with Gasteiger partial charge >= 0.3 is 18.2 Å². The van der Waals surface area contributed by atoms with E-state index in [1.54, 1.807) is 19.8 Å². The van der Waals surface area contributed by atoms with E-state index in [1.807, 2.05) is 0 Å². The summed E-state index contributed by atoms with van der Waals surface area (Å²) in [6, 6.07) is 0.995. The molecule has 2 unspecified atom stereocenters. The molecule has 2 atom stereocenters. The number of alkyl halides is 3. The van der Waals surface area contributed by atoms with Gasteiger partial charge in [0, 0.05) is 25.5 Å². The topological polar surface area (TPSA) is 76.1 Å². The van der Waals surface area contributed by atoms with Crippen LogP contribution in [0.15, 0.2) is 12.1 Å². The number of rotatable bonds is 5. The number of hydrogen-bond acceptors (Lipinski definition) is 4. The summed E-state index contributed by atoms with van der Waals surface area (Å²) in [5, 5.41) is 9.30. The van der Waals surface area contributed by atoms with Crippen LogP contribution >= 0.6 is 11.6 Å². The quantitative estimate of drug-likeness (QED) is 0.541. The molecule has 1 aromatic rings. The molecule has 1 saturated heterocycles. The minimum absolute atomic E-state index is 0.0614. The number of aliphatic carboxylic acids is 1. The minimum Gasteiger partial charge on any atom is -0.479 e. The van der Waals surface area contributed by atoms with Gasteiger partial charge in [-0.15, -0.1) is 19.6 Å². The van der Waals surface area contributed by atoms with Crippen LogP contribution < -0.4 is 9.64 Å². The first-order valence-corrected chi connectivity index (χ1v) is 9.10. The summed E-state index contributed by atoms with van der Waals surface area (Å²) in [6.45, 7) is 3.49. The van der Waals surface area contributed by atoms with E-state index in [2.05, 4.69) is 4.74 Å². The van der Waals surface area contributed by atoms with Gasteiger partial charge in [-0.1, -0.05) is 25.4 Å². The Morgan fingerprint density at radius 2 is 2.07 bits per heavy atom. The smallest absolute Gasteiger partial charge is 0.479 e. The highest BCUT2D eigenvalue weighted by molar-refractivity contribution is 6.32. The SMILES string of the molecule is C#CC(=O)N(c1cc(Cl)c(OC(F)(F)F)cc1F)C1(C(=O)O)CCOC(C(C)C)C1. The number of amides is 1. The van der Waals surface area contributed by atoms with Gasteiger partial charge in [0.2, 0.25) is 0 Å². The molecular formula is C19H18ClF4NO5. The summed E-state index contributed by atoms with van der Waals surface area (Å²) in [6.07, 6.45) is -0.993. The number of carbonyl (C=O) groups excluding carboxylic acids is 1. The fourth-order valence-electron chi connectivity index (χ4n) is 3.29. The van der Waals surface area contributed by atoms with Crippen LogP contribution in [0.4, 0.5) is 23.2 Å². The molecule has 0 spiro atoms. The van der Waals surface area contributed by atoms with Crippen LogP contribution in [0, 0.1) is 24.1 Å². The molecule has 6 nitrogen and oxygen atoms in total. The summed E-state index contributed by atoms with van der Waals surface area (Å²) in [4.78, 5) is 25.4. The second-order valence-electron chi connectivity index (χ2n) is 7.01. The fraction of sp³-hybridized carbons (Fsp3) is 0.474. The number of terminal acetylenes is 1. The van der Waals surface area contributed by atoms with E-state index in [9.17, 15) is 32.3 Å². The third-order valence-corrected chi connectivity index (χ3v) is 5.05. The highest BCUT2D eigenvalue weighted by atomic mass is 35.5. The van der Waals surface area contributed by atoms with Crippen LogP contribution in [-0.4, -0.2) is 41.6 Å². The Morgan fingerprint density at radius 3 is 2.57 bits per heavy atom. The van der Waals surface area contributed by atoms with Crippen molar-refractivity contribution in [2.75, 3.05) is 11.5 Å². The first kappa shape index (κ1) is 23.8. The highest BCUT2D eigenvalue weighted by Gasteiger charge is 2.52. The summed E-state index contributed by atoms with van der Waals surface area (Å²) >= 11 is 5.79. The van der Waals surface area contributed by atoms with Crippen molar-refractivity contribution >= 4 is 29.2 Å². The number of halogens is 5. The lowest BCUT2D eigenvalue weighted by Crippen LogP contribution is -2.62. The molecule has 1 N–H and O–H groups in total. The lowest BCUT2D eigenvalue weighted by Gasteiger charge is -2.45. The largest absolute Gasteiger partial charge is 0.573 e. The van der Waals surface area contributed by atoms with E-state index in [0.717, 1.165) is 0 Å². The zero-order valence-corrected chi connectivity index (χ0v) is 16.7. The van der Waals surface area contributed by atoms with Crippen molar-refractivity contribution in [3.05, 3.63) is 23.0 Å². The number of nitrogens with zero attached hydrogens (tertiary/aromatic N) is 1. The molecule has 0 radical (unpaired) electrons. The van der Waals surface area contributed by atoms with Crippen LogP contribution in [0.3, 0.4) is 0 Å². The molecule has 0 aliphatic carbocycles.